The second-order valence-electron chi connectivity index (χ2n) is 10.3. The largest absolute Gasteiger partial charge is 0.481 e. The molecular formula is C38H34N2O8. The van der Waals surface area contributed by atoms with Crippen LogP contribution in [0.15, 0.2) is 130 Å². The van der Waals surface area contributed by atoms with Gasteiger partial charge >= 0.3 is 11.9 Å². The number of carboxylic acid groups (broad SMARTS) is 3. The Morgan fingerprint density at radius 1 is 0.500 bits per heavy atom. The molecule has 6 aromatic rings. The van der Waals surface area contributed by atoms with Crippen molar-refractivity contribution in [3.63, 3.8) is 0 Å². The van der Waals surface area contributed by atoms with Crippen molar-refractivity contribution in [2.24, 2.45) is 0 Å². The van der Waals surface area contributed by atoms with Crippen molar-refractivity contribution in [1.82, 2.24) is 9.97 Å². The second-order valence-corrected chi connectivity index (χ2v) is 10.3. The van der Waals surface area contributed by atoms with E-state index in [4.69, 9.17) is 28.9 Å². The van der Waals surface area contributed by atoms with Crippen LogP contribution in [0.2, 0.25) is 0 Å². The van der Waals surface area contributed by atoms with E-state index in [9.17, 15) is 9.59 Å². The van der Waals surface area contributed by atoms with Gasteiger partial charge in [0, 0.05) is 42.0 Å². The Morgan fingerprint density at radius 2 is 0.771 bits per heavy atom. The molecule has 244 valence electrons. The highest BCUT2D eigenvalue weighted by molar-refractivity contribution is 5.78. The molecule has 0 aliphatic rings. The molecule has 4 aromatic carbocycles. The summed E-state index contributed by atoms with van der Waals surface area (Å²) in [5.41, 5.74) is 5.24. The molecule has 10 nitrogen and oxygen atoms in total. The molecule has 6 rings (SSSR count). The third kappa shape index (κ3) is 10.4. The van der Waals surface area contributed by atoms with E-state index in [1.54, 1.807) is 0 Å². The standard InChI is InChI=1S/2C18H15NO3.C2H4O2/c2*20-16(21)12-11-15-19-17(13-7-3-1-4-8-13)18(22-15)14-9-5-2-6-10-14;1-2(3)4/h2*1-10H,11-12H2,(H,20,21);1H3,(H,3,4). The molecule has 0 saturated carbocycles. The third-order valence-electron chi connectivity index (χ3n) is 6.61. The predicted molar refractivity (Wildman–Crippen MR) is 180 cm³/mol. The van der Waals surface area contributed by atoms with Gasteiger partial charge in [-0.3, -0.25) is 14.4 Å². The van der Waals surface area contributed by atoms with Crippen molar-refractivity contribution in [1.29, 1.82) is 0 Å². The van der Waals surface area contributed by atoms with E-state index in [2.05, 4.69) is 9.97 Å². The first kappa shape index (κ1) is 34.6. The first-order valence-electron chi connectivity index (χ1n) is 15.1. The van der Waals surface area contributed by atoms with Crippen molar-refractivity contribution in [3.8, 4) is 45.2 Å². The average molecular weight is 647 g/mol. The fraction of sp³-hybridized carbons (Fsp3) is 0.132. The minimum Gasteiger partial charge on any atom is -0.481 e. The second kappa shape index (κ2) is 17.4. The molecule has 0 spiro atoms. The molecule has 0 saturated heterocycles. The van der Waals surface area contributed by atoms with E-state index in [1.165, 1.54) is 0 Å². The zero-order chi connectivity index (χ0) is 34.3. The maximum absolute atomic E-state index is 10.7. The fourth-order valence-electron chi connectivity index (χ4n) is 4.52. The van der Waals surface area contributed by atoms with E-state index in [0.29, 0.717) is 23.3 Å². The number of carbonyl (C=O) groups is 3. The van der Waals surface area contributed by atoms with Crippen LogP contribution in [0.5, 0.6) is 0 Å². The molecule has 0 bridgehead atoms. The monoisotopic (exact) mass is 646 g/mol. The van der Waals surface area contributed by atoms with Gasteiger partial charge < -0.3 is 24.2 Å². The number of oxazole rings is 2. The number of aryl methyl sites for hydroxylation is 2. The summed E-state index contributed by atoms with van der Waals surface area (Å²) in [5, 5.41) is 25.0. The molecule has 2 aromatic heterocycles. The van der Waals surface area contributed by atoms with Crippen molar-refractivity contribution in [2.75, 3.05) is 0 Å². The van der Waals surface area contributed by atoms with Gasteiger partial charge in [0.15, 0.2) is 23.3 Å². The lowest BCUT2D eigenvalue weighted by molar-refractivity contribution is -0.138. The zero-order valence-corrected chi connectivity index (χ0v) is 26.2. The van der Waals surface area contributed by atoms with Gasteiger partial charge in [0.25, 0.3) is 5.97 Å². The normalized spacial score (nSPS) is 10.2. The van der Waals surface area contributed by atoms with E-state index in [0.717, 1.165) is 40.6 Å². The summed E-state index contributed by atoms with van der Waals surface area (Å²) in [6, 6.07) is 38.9. The van der Waals surface area contributed by atoms with Gasteiger partial charge in [-0.25, -0.2) is 9.97 Å². The Bertz CT molecular complexity index is 1650. The summed E-state index contributed by atoms with van der Waals surface area (Å²) in [4.78, 5) is 39.5. The summed E-state index contributed by atoms with van der Waals surface area (Å²) in [6.07, 6.45) is 0.565. The molecule has 0 amide bonds. The Balaban J connectivity index is 0.000000195. The number of nitrogens with zero attached hydrogens (tertiary/aromatic N) is 2. The first-order chi connectivity index (χ1) is 23.2. The first-order valence-corrected chi connectivity index (χ1v) is 15.1. The summed E-state index contributed by atoms with van der Waals surface area (Å²) in [7, 11) is 0. The quantitative estimate of drug-likeness (QED) is 0.132. The molecule has 0 aliphatic carbocycles. The minimum absolute atomic E-state index is 0.00295. The van der Waals surface area contributed by atoms with Crippen LogP contribution in [-0.2, 0) is 27.2 Å². The average Bonchev–Trinajstić information content (AvgIpc) is 3.73. The van der Waals surface area contributed by atoms with Crippen molar-refractivity contribution in [2.45, 2.75) is 32.6 Å². The van der Waals surface area contributed by atoms with E-state index in [1.807, 2.05) is 121 Å². The Labute approximate surface area is 277 Å². The highest BCUT2D eigenvalue weighted by Gasteiger charge is 2.18. The maximum atomic E-state index is 10.7. The van der Waals surface area contributed by atoms with Crippen LogP contribution < -0.4 is 0 Å². The number of benzene rings is 4. The maximum Gasteiger partial charge on any atom is 0.303 e. The van der Waals surface area contributed by atoms with Gasteiger partial charge in [0.05, 0.1) is 12.8 Å². The molecule has 3 N–H and O–H groups in total. The molecular weight excluding hydrogens is 612 g/mol. The van der Waals surface area contributed by atoms with Gasteiger partial charge in [-0.15, -0.1) is 0 Å². The van der Waals surface area contributed by atoms with Crippen molar-refractivity contribution >= 4 is 17.9 Å². The number of rotatable bonds is 10. The Hall–Kier alpha value is -6.29. The lowest BCUT2D eigenvalue weighted by Crippen LogP contribution is -1.97. The molecule has 0 atom stereocenters. The highest BCUT2D eigenvalue weighted by Crippen LogP contribution is 2.34. The minimum atomic E-state index is -0.860. The number of aromatic nitrogens is 2. The predicted octanol–water partition coefficient (Wildman–Crippen LogP) is 8.14. The lowest BCUT2D eigenvalue weighted by atomic mass is 10.1. The zero-order valence-electron chi connectivity index (χ0n) is 26.2. The van der Waals surface area contributed by atoms with Crippen LogP contribution in [0.4, 0.5) is 0 Å². The van der Waals surface area contributed by atoms with Crippen LogP contribution >= 0.6 is 0 Å². The molecule has 48 heavy (non-hydrogen) atoms. The number of carboxylic acids is 3. The van der Waals surface area contributed by atoms with Gasteiger partial charge in [-0.05, 0) is 0 Å². The summed E-state index contributed by atoms with van der Waals surface area (Å²) < 4.78 is 11.7. The number of hydrogen-bond donors (Lipinski definition) is 3. The smallest absolute Gasteiger partial charge is 0.303 e. The van der Waals surface area contributed by atoms with E-state index >= 15 is 0 Å². The SMILES string of the molecule is CC(=O)O.O=C(O)CCc1nc(-c2ccccc2)c(-c2ccccc2)o1.O=C(O)CCc1nc(-c2ccccc2)c(-c2ccccc2)o1. The van der Waals surface area contributed by atoms with Crippen LogP contribution in [0.25, 0.3) is 45.2 Å². The third-order valence-corrected chi connectivity index (χ3v) is 6.61. The van der Waals surface area contributed by atoms with Crippen LogP contribution in [0, 0.1) is 0 Å². The molecule has 2 heterocycles. The van der Waals surface area contributed by atoms with Crippen molar-refractivity contribution in [3.05, 3.63) is 133 Å². The summed E-state index contributed by atoms with van der Waals surface area (Å²) in [6.45, 7) is 1.08. The molecule has 0 radical (unpaired) electrons. The van der Waals surface area contributed by atoms with Gasteiger partial charge in [0.2, 0.25) is 0 Å². The highest BCUT2D eigenvalue weighted by atomic mass is 16.4. The van der Waals surface area contributed by atoms with E-state index < -0.39 is 17.9 Å². The van der Waals surface area contributed by atoms with E-state index in [-0.39, 0.29) is 25.7 Å². The van der Waals surface area contributed by atoms with Gasteiger partial charge in [0.1, 0.15) is 11.4 Å². The molecule has 0 fully saturated rings. The summed E-state index contributed by atoms with van der Waals surface area (Å²) >= 11 is 0. The molecule has 0 unspecified atom stereocenters. The topological polar surface area (TPSA) is 164 Å². The van der Waals surface area contributed by atoms with Crippen LogP contribution in [0.3, 0.4) is 0 Å². The molecule has 10 heteroatoms. The molecule has 0 aliphatic heterocycles. The van der Waals surface area contributed by atoms with Gasteiger partial charge in [-0.1, -0.05) is 121 Å². The Kier molecular flexibility index (Phi) is 12.5. The lowest BCUT2D eigenvalue weighted by Gasteiger charge is -2.00. The number of hydrogen-bond acceptors (Lipinski definition) is 7. The van der Waals surface area contributed by atoms with Gasteiger partial charge in [-0.2, -0.15) is 0 Å². The van der Waals surface area contributed by atoms with Crippen LogP contribution in [-0.4, -0.2) is 43.2 Å². The Morgan fingerprint density at radius 3 is 1.04 bits per heavy atom. The summed E-state index contributed by atoms with van der Waals surface area (Å²) in [5.74, 6) is -0.318. The van der Waals surface area contributed by atoms with Crippen LogP contribution in [0.1, 0.15) is 31.5 Å². The number of aliphatic carboxylic acids is 3. The van der Waals surface area contributed by atoms with Crippen molar-refractivity contribution < 1.29 is 38.5 Å². The fourth-order valence-corrected chi connectivity index (χ4v) is 4.52.